The lowest BCUT2D eigenvalue weighted by Crippen LogP contribution is -2.12. The predicted molar refractivity (Wildman–Crippen MR) is 69.6 cm³/mol. The molecule has 1 aromatic carbocycles. The molecule has 9 nitrogen and oxygen atoms in total. The van der Waals surface area contributed by atoms with Gasteiger partial charge in [-0.3, -0.25) is 10.1 Å². The number of nitrogens with zero attached hydrogens (tertiary/aromatic N) is 3. The van der Waals surface area contributed by atoms with Crippen molar-refractivity contribution >= 4 is 11.5 Å². The smallest absolute Gasteiger partial charge is 0.374 e. The maximum atomic E-state index is 11.0. The lowest BCUT2D eigenvalue weighted by molar-refractivity contribution is -0.385. The Morgan fingerprint density at radius 3 is 2.45 bits per heavy atom. The van der Waals surface area contributed by atoms with E-state index in [1.54, 1.807) is 24.3 Å². The van der Waals surface area contributed by atoms with Crippen molar-refractivity contribution in [2.45, 2.75) is 0 Å². The van der Waals surface area contributed by atoms with Crippen LogP contribution in [0.3, 0.4) is 0 Å². The van der Waals surface area contributed by atoms with E-state index in [9.17, 15) is 10.1 Å². The number of hydrogen-bond donors (Lipinski definition) is 2. The Morgan fingerprint density at radius 2 is 1.90 bits per heavy atom. The third-order valence-corrected chi connectivity index (χ3v) is 2.38. The zero-order chi connectivity index (χ0) is 14.5. The fourth-order valence-corrected chi connectivity index (χ4v) is 1.46. The zero-order valence-corrected chi connectivity index (χ0v) is 10.4. The summed E-state index contributed by atoms with van der Waals surface area (Å²) in [7, 11) is 1.53. The molecule has 3 N–H and O–H groups in total. The first-order valence-electron chi connectivity index (χ1n) is 5.43. The molecule has 2 rings (SSSR count). The van der Waals surface area contributed by atoms with Crippen molar-refractivity contribution in [2.24, 2.45) is 5.84 Å². The summed E-state index contributed by atoms with van der Waals surface area (Å²) in [5.74, 6) is 5.84. The molecule has 0 saturated heterocycles. The normalized spacial score (nSPS) is 9.90. The molecule has 1 aromatic heterocycles. The predicted octanol–water partition coefficient (Wildman–Crippen LogP) is 1.47. The fourth-order valence-electron chi connectivity index (χ4n) is 1.46. The summed E-state index contributed by atoms with van der Waals surface area (Å²) in [6, 6.07) is 6.51. The van der Waals surface area contributed by atoms with Crippen LogP contribution in [0.1, 0.15) is 0 Å². The van der Waals surface area contributed by atoms with Crippen LogP contribution in [0.15, 0.2) is 30.6 Å². The largest absolute Gasteiger partial charge is 0.497 e. The number of anilines is 1. The molecule has 2 aromatic rings. The van der Waals surface area contributed by atoms with Crippen LogP contribution in [0, 0.1) is 10.1 Å². The highest BCUT2D eigenvalue weighted by Crippen LogP contribution is 2.33. The number of methoxy groups -OCH3 is 1. The SMILES string of the molecule is COc1ccc(Oc2ncnc(NN)c2[N+](=O)[O-])cc1. The number of nitrogen functional groups attached to an aromatic ring is 1. The zero-order valence-electron chi connectivity index (χ0n) is 10.4. The van der Waals surface area contributed by atoms with Gasteiger partial charge in [0.2, 0.25) is 5.82 Å². The number of nitrogens with one attached hydrogen (secondary N) is 1. The first-order chi connectivity index (χ1) is 9.65. The molecule has 0 aliphatic carbocycles. The Balaban J connectivity index is 2.34. The minimum atomic E-state index is -0.673. The van der Waals surface area contributed by atoms with Gasteiger partial charge < -0.3 is 14.9 Å². The number of ether oxygens (including phenoxy) is 2. The van der Waals surface area contributed by atoms with Crippen LogP contribution >= 0.6 is 0 Å². The van der Waals surface area contributed by atoms with Gasteiger partial charge in [-0.25, -0.2) is 10.8 Å². The highest BCUT2D eigenvalue weighted by atomic mass is 16.6. The van der Waals surface area contributed by atoms with Crippen molar-refractivity contribution in [2.75, 3.05) is 12.5 Å². The average molecular weight is 277 g/mol. The molecule has 104 valence electrons. The summed E-state index contributed by atoms with van der Waals surface area (Å²) in [4.78, 5) is 17.8. The molecule has 0 saturated carbocycles. The number of hydrogen-bond acceptors (Lipinski definition) is 8. The molecule has 0 radical (unpaired) electrons. The van der Waals surface area contributed by atoms with Crippen LogP contribution < -0.4 is 20.7 Å². The minimum Gasteiger partial charge on any atom is -0.497 e. The van der Waals surface area contributed by atoms with Gasteiger partial charge in [-0.05, 0) is 24.3 Å². The van der Waals surface area contributed by atoms with Crippen molar-refractivity contribution in [3.05, 3.63) is 40.7 Å². The lowest BCUT2D eigenvalue weighted by atomic mass is 10.3. The van der Waals surface area contributed by atoms with Gasteiger partial charge in [0.25, 0.3) is 0 Å². The summed E-state index contributed by atoms with van der Waals surface area (Å²) in [5, 5.41) is 11.0. The van der Waals surface area contributed by atoms with Crippen LogP contribution in [0.25, 0.3) is 0 Å². The van der Waals surface area contributed by atoms with Crippen molar-refractivity contribution in [3.63, 3.8) is 0 Å². The number of benzene rings is 1. The van der Waals surface area contributed by atoms with E-state index in [0.29, 0.717) is 11.5 Å². The summed E-state index contributed by atoms with van der Waals surface area (Å²) < 4.78 is 10.4. The molecular weight excluding hydrogens is 266 g/mol. The molecule has 0 bridgehead atoms. The van der Waals surface area contributed by atoms with E-state index >= 15 is 0 Å². The first kappa shape index (κ1) is 13.5. The Hall–Kier alpha value is -2.94. The van der Waals surface area contributed by atoms with Gasteiger partial charge in [0.15, 0.2) is 0 Å². The molecule has 0 amide bonds. The number of nitro groups is 1. The van der Waals surface area contributed by atoms with Crippen molar-refractivity contribution in [1.29, 1.82) is 0 Å². The van der Waals surface area contributed by atoms with Crippen LogP contribution in [0.4, 0.5) is 11.5 Å². The topological polar surface area (TPSA) is 125 Å². The van der Waals surface area contributed by atoms with E-state index in [4.69, 9.17) is 15.3 Å². The van der Waals surface area contributed by atoms with Gasteiger partial charge in [-0.2, -0.15) is 4.98 Å². The minimum absolute atomic E-state index is 0.131. The standard InChI is InChI=1S/C11H11N5O4/c1-19-7-2-4-8(5-3-7)20-11-9(16(17)18)10(15-12)13-6-14-11/h2-6H,12H2,1H3,(H,13,14,15). The highest BCUT2D eigenvalue weighted by Gasteiger charge is 2.24. The van der Waals surface area contributed by atoms with Crippen LogP contribution in [-0.2, 0) is 0 Å². The van der Waals surface area contributed by atoms with Crippen LogP contribution in [0.2, 0.25) is 0 Å². The molecule has 0 aliphatic rings. The summed E-state index contributed by atoms with van der Waals surface area (Å²) in [6.45, 7) is 0. The molecule has 20 heavy (non-hydrogen) atoms. The van der Waals surface area contributed by atoms with E-state index < -0.39 is 10.6 Å². The van der Waals surface area contributed by atoms with Gasteiger partial charge in [-0.15, -0.1) is 0 Å². The number of hydrazine groups is 1. The Labute approximate surface area is 113 Å². The lowest BCUT2D eigenvalue weighted by Gasteiger charge is -2.07. The third kappa shape index (κ3) is 2.72. The second kappa shape index (κ2) is 5.80. The van der Waals surface area contributed by atoms with E-state index in [0.717, 1.165) is 6.33 Å². The average Bonchev–Trinajstić information content (AvgIpc) is 2.47. The fraction of sp³-hybridized carbons (Fsp3) is 0.0909. The Bertz CT molecular complexity index is 617. The number of aromatic nitrogens is 2. The van der Waals surface area contributed by atoms with E-state index in [-0.39, 0.29) is 11.7 Å². The van der Waals surface area contributed by atoms with Crippen molar-refractivity contribution in [1.82, 2.24) is 9.97 Å². The summed E-state index contributed by atoms with van der Waals surface area (Å²) in [6.07, 6.45) is 1.11. The Kier molecular flexibility index (Phi) is 3.91. The molecule has 0 aliphatic heterocycles. The van der Waals surface area contributed by atoms with Gasteiger partial charge >= 0.3 is 11.6 Å². The highest BCUT2D eigenvalue weighted by molar-refractivity contribution is 5.61. The van der Waals surface area contributed by atoms with E-state index in [1.807, 2.05) is 0 Å². The van der Waals surface area contributed by atoms with Crippen LogP contribution in [0.5, 0.6) is 17.4 Å². The quantitative estimate of drug-likeness (QED) is 0.478. The monoisotopic (exact) mass is 277 g/mol. The first-order valence-corrected chi connectivity index (χ1v) is 5.43. The molecule has 1 heterocycles. The molecular formula is C11H11N5O4. The number of nitrogens with two attached hydrogens (primary N) is 1. The molecule has 0 unspecified atom stereocenters. The van der Waals surface area contributed by atoms with Gasteiger partial charge in [0, 0.05) is 0 Å². The molecule has 0 fully saturated rings. The van der Waals surface area contributed by atoms with E-state index in [2.05, 4.69) is 15.4 Å². The van der Waals surface area contributed by atoms with Gasteiger partial charge in [-0.1, -0.05) is 0 Å². The van der Waals surface area contributed by atoms with Crippen molar-refractivity contribution in [3.8, 4) is 17.4 Å². The van der Waals surface area contributed by atoms with E-state index in [1.165, 1.54) is 7.11 Å². The maximum Gasteiger partial charge on any atom is 0.374 e. The molecule has 0 spiro atoms. The van der Waals surface area contributed by atoms with Gasteiger partial charge in [0.05, 0.1) is 12.0 Å². The summed E-state index contributed by atoms with van der Waals surface area (Å²) in [5.41, 5.74) is 1.69. The van der Waals surface area contributed by atoms with Crippen LogP contribution in [-0.4, -0.2) is 22.0 Å². The van der Waals surface area contributed by atoms with Crippen molar-refractivity contribution < 1.29 is 14.4 Å². The second-order valence-electron chi connectivity index (χ2n) is 3.56. The second-order valence-corrected chi connectivity index (χ2v) is 3.56. The maximum absolute atomic E-state index is 11.0. The van der Waals surface area contributed by atoms with Gasteiger partial charge in [0.1, 0.15) is 17.8 Å². The number of rotatable bonds is 5. The third-order valence-electron chi connectivity index (χ3n) is 2.38. The summed E-state index contributed by atoms with van der Waals surface area (Å²) >= 11 is 0. The molecule has 0 atom stereocenters. The Morgan fingerprint density at radius 1 is 1.25 bits per heavy atom. The molecule has 9 heteroatoms.